The molecule has 0 spiro atoms. The summed E-state index contributed by atoms with van der Waals surface area (Å²) in [5, 5.41) is 10.8. The lowest BCUT2D eigenvalue weighted by Gasteiger charge is -2.49. The molecule has 1 N–H and O–H groups in total. The molecule has 3 aliphatic carbocycles. The van der Waals surface area contributed by atoms with Gasteiger partial charge in [0.05, 0.1) is 6.10 Å². The van der Waals surface area contributed by atoms with Crippen molar-refractivity contribution in [3.8, 4) is 5.75 Å². The normalized spacial score (nSPS) is 38.0. The van der Waals surface area contributed by atoms with Gasteiger partial charge in [-0.2, -0.15) is 0 Å². The molecule has 5 heteroatoms. The Hall–Kier alpha value is -1.59. The Bertz CT molecular complexity index is 674. The highest BCUT2D eigenvalue weighted by Crippen LogP contribution is 2.61. The third-order valence-electron chi connectivity index (χ3n) is 7.22. The van der Waals surface area contributed by atoms with Gasteiger partial charge in [0.25, 0.3) is 6.47 Å². The van der Waals surface area contributed by atoms with Crippen LogP contribution in [0.15, 0.2) is 18.2 Å². The van der Waals surface area contributed by atoms with E-state index in [4.69, 9.17) is 14.2 Å². The zero-order chi connectivity index (χ0) is 18.3. The first-order valence-electron chi connectivity index (χ1n) is 9.60. The fraction of sp³-hybridized carbons (Fsp3) is 0.667. The lowest BCUT2D eigenvalue weighted by Crippen LogP contribution is -2.45. The molecule has 1 aromatic carbocycles. The Morgan fingerprint density at radius 1 is 1.35 bits per heavy atom. The molecular formula is C21H28O5. The standard InChI is InChI=1S/C21H28O5/c1-21-8-7-16-15-6-4-14(26-12-24-2)9-13(15)3-5-17(16)18(21)10-19(20(21)23)25-11-22/h4,6,9,11,16-20,23H,3,5,7-8,10,12H2,1-2H3/t16-,17-,18+,19+,20+,21+/m1/s1. The summed E-state index contributed by atoms with van der Waals surface area (Å²) in [5.74, 6) is 2.33. The summed E-state index contributed by atoms with van der Waals surface area (Å²) in [6.45, 7) is 2.94. The number of hydrogen-bond donors (Lipinski definition) is 1. The fourth-order valence-corrected chi connectivity index (χ4v) is 5.94. The van der Waals surface area contributed by atoms with E-state index >= 15 is 0 Å². The van der Waals surface area contributed by atoms with Crippen molar-refractivity contribution in [3.63, 3.8) is 0 Å². The molecule has 0 radical (unpaired) electrons. The van der Waals surface area contributed by atoms with Crippen LogP contribution in [0.25, 0.3) is 0 Å². The van der Waals surface area contributed by atoms with Gasteiger partial charge in [0, 0.05) is 12.5 Å². The van der Waals surface area contributed by atoms with Crippen LogP contribution in [-0.4, -0.2) is 37.7 Å². The van der Waals surface area contributed by atoms with Gasteiger partial charge in [-0.1, -0.05) is 13.0 Å². The number of rotatable bonds is 5. The van der Waals surface area contributed by atoms with Gasteiger partial charge in [-0.25, -0.2) is 0 Å². The summed E-state index contributed by atoms with van der Waals surface area (Å²) >= 11 is 0. The van der Waals surface area contributed by atoms with E-state index in [2.05, 4.69) is 19.1 Å². The fourth-order valence-electron chi connectivity index (χ4n) is 5.94. The molecular weight excluding hydrogens is 332 g/mol. The van der Waals surface area contributed by atoms with Crippen LogP contribution in [0.5, 0.6) is 5.75 Å². The first-order valence-corrected chi connectivity index (χ1v) is 9.60. The maximum absolute atomic E-state index is 10.8. The summed E-state index contributed by atoms with van der Waals surface area (Å²) in [4.78, 5) is 10.8. The third-order valence-corrected chi connectivity index (χ3v) is 7.22. The molecule has 0 heterocycles. The van der Waals surface area contributed by atoms with Gasteiger partial charge < -0.3 is 19.3 Å². The highest BCUT2D eigenvalue weighted by molar-refractivity contribution is 5.41. The van der Waals surface area contributed by atoms with E-state index in [0.717, 1.165) is 37.9 Å². The van der Waals surface area contributed by atoms with Crippen molar-refractivity contribution in [2.75, 3.05) is 13.9 Å². The highest BCUT2D eigenvalue weighted by atomic mass is 16.7. The van der Waals surface area contributed by atoms with Crippen molar-refractivity contribution in [2.24, 2.45) is 17.3 Å². The number of hydrogen-bond acceptors (Lipinski definition) is 5. The van der Waals surface area contributed by atoms with Crippen LogP contribution in [-0.2, 0) is 20.7 Å². The molecule has 4 rings (SSSR count). The zero-order valence-corrected chi connectivity index (χ0v) is 15.5. The van der Waals surface area contributed by atoms with Crippen molar-refractivity contribution in [1.82, 2.24) is 0 Å². The minimum Gasteiger partial charge on any atom is -0.468 e. The average molecular weight is 360 g/mol. The second kappa shape index (κ2) is 6.86. The molecule has 0 bridgehead atoms. The Labute approximate surface area is 154 Å². The van der Waals surface area contributed by atoms with E-state index < -0.39 is 6.10 Å². The number of methoxy groups -OCH3 is 1. The minimum absolute atomic E-state index is 0.145. The van der Waals surface area contributed by atoms with Crippen molar-refractivity contribution in [3.05, 3.63) is 29.3 Å². The molecule has 0 unspecified atom stereocenters. The van der Waals surface area contributed by atoms with Gasteiger partial charge in [-0.15, -0.1) is 0 Å². The van der Waals surface area contributed by atoms with Gasteiger partial charge >= 0.3 is 0 Å². The van der Waals surface area contributed by atoms with Gasteiger partial charge in [-0.3, -0.25) is 4.79 Å². The second-order valence-corrected chi connectivity index (χ2v) is 8.32. The number of carbonyl (C=O) groups excluding carboxylic acids is 1. The van der Waals surface area contributed by atoms with Crippen LogP contribution in [0.4, 0.5) is 0 Å². The molecule has 0 aromatic heterocycles. The Morgan fingerprint density at radius 3 is 2.96 bits per heavy atom. The summed E-state index contributed by atoms with van der Waals surface area (Å²) in [5.41, 5.74) is 2.67. The lowest BCUT2D eigenvalue weighted by molar-refractivity contribution is -0.140. The molecule has 6 atom stereocenters. The van der Waals surface area contributed by atoms with E-state index in [1.807, 2.05) is 6.07 Å². The van der Waals surface area contributed by atoms with Crippen LogP contribution < -0.4 is 4.74 Å². The van der Waals surface area contributed by atoms with Crippen LogP contribution in [0.1, 0.15) is 49.7 Å². The largest absolute Gasteiger partial charge is 0.468 e. The van der Waals surface area contributed by atoms with Crippen molar-refractivity contribution in [2.45, 2.75) is 57.2 Å². The molecule has 0 amide bonds. The monoisotopic (exact) mass is 360 g/mol. The van der Waals surface area contributed by atoms with Crippen molar-refractivity contribution < 1.29 is 24.1 Å². The number of benzene rings is 1. The molecule has 142 valence electrons. The van der Waals surface area contributed by atoms with Crippen LogP contribution in [0.3, 0.4) is 0 Å². The summed E-state index contributed by atoms with van der Waals surface area (Å²) < 4.78 is 15.8. The topological polar surface area (TPSA) is 65.0 Å². The van der Waals surface area contributed by atoms with Crippen molar-refractivity contribution >= 4 is 6.47 Å². The van der Waals surface area contributed by atoms with Crippen molar-refractivity contribution in [1.29, 1.82) is 0 Å². The summed E-state index contributed by atoms with van der Waals surface area (Å²) in [7, 11) is 1.62. The number of carbonyl (C=O) groups is 1. The maximum Gasteiger partial charge on any atom is 0.293 e. The summed E-state index contributed by atoms with van der Waals surface area (Å²) in [6, 6.07) is 6.40. The number of fused-ring (bicyclic) bond motifs is 5. The highest BCUT2D eigenvalue weighted by Gasteiger charge is 2.58. The Kier molecular flexibility index (Phi) is 4.70. The predicted molar refractivity (Wildman–Crippen MR) is 95.9 cm³/mol. The second-order valence-electron chi connectivity index (χ2n) is 8.32. The SMILES string of the molecule is COCOc1ccc2c(c1)CC[C@@H]1[C@@H]2CC[C@]2(C)[C@@H](O)[C@@H](OC=O)C[C@@H]12. The number of aryl methyl sites for hydroxylation is 1. The quantitative estimate of drug-likeness (QED) is 0.646. The van der Waals surface area contributed by atoms with Crippen LogP contribution in [0.2, 0.25) is 0 Å². The number of aliphatic hydroxyl groups is 1. The van der Waals surface area contributed by atoms with Gasteiger partial charge in [0.15, 0.2) is 6.79 Å². The number of aliphatic hydroxyl groups excluding tert-OH is 1. The first kappa shape index (κ1) is 17.8. The Balaban J connectivity index is 1.58. The van der Waals surface area contributed by atoms with E-state index in [9.17, 15) is 9.90 Å². The molecule has 2 fully saturated rings. The lowest BCUT2D eigenvalue weighted by atomic mass is 9.55. The average Bonchev–Trinajstić information content (AvgIpc) is 2.91. The van der Waals surface area contributed by atoms with E-state index in [1.54, 1.807) is 7.11 Å². The number of ether oxygens (including phenoxy) is 3. The van der Waals surface area contributed by atoms with E-state index in [-0.39, 0.29) is 18.3 Å². The first-order chi connectivity index (χ1) is 12.6. The molecule has 2 saturated carbocycles. The van der Waals surface area contributed by atoms with E-state index in [0.29, 0.717) is 24.2 Å². The van der Waals surface area contributed by atoms with Crippen LogP contribution >= 0.6 is 0 Å². The zero-order valence-electron chi connectivity index (χ0n) is 15.5. The third kappa shape index (κ3) is 2.72. The molecule has 26 heavy (non-hydrogen) atoms. The molecule has 0 saturated heterocycles. The minimum atomic E-state index is -0.551. The molecule has 0 aliphatic heterocycles. The molecule has 5 nitrogen and oxygen atoms in total. The summed E-state index contributed by atoms with van der Waals surface area (Å²) in [6.07, 6.45) is 4.07. The predicted octanol–water partition coefficient (Wildman–Crippen LogP) is 3.04. The molecule has 1 aromatic rings. The smallest absolute Gasteiger partial charge is 0.293 e. The van der Waals surface area contributed by atoms with Gasteiger partial charge in [0.2, 0.25) is 0 Å². The van der Waals surface area contributed by atoms with E-state index in [1.165, 1.54) is 11.1 Å². The van der Waals surface area contributed by atoms with Gasteiger partial charge in [0.1, 0.15) is 11.9 Å². The van der Waals surface area contributed by atoms with Gasteiger partial charge in [-0.05, 0) is 73.1 Å². The Morgan fingerprint density at radius 2 is 2.19 bits per heavy atom. The van der Waals surface area contributed by atoms with Crippen LogP contribution in [0, 0.1) is 17.3 Å². The molecule has 3 aliphatic rings. The maximum atomic E-state index is 10.8.